The molecule has 0 unspecified atom stereocenters. The zero-order chi connectivity index (χ0) is 19.2. The lowest BCUT2D eigenvalue weighted by Crippen LogP contribution is -2.39. The van der Waals surface area contributed by atoms with Crippen molar-refractivity contribution in [3.05, 3.63) is 77.4 Å². The van der Waals surface area contributed by atoms with Crippen LogP contribution in [0.15, 0.2) is 60.7 Å². The predicted molar refractivity (Wildman–Crippen MR) is 110 cm³/mol. The first kappa shape index (κ1) is 19.1. The van der Waals surface area contributed by atoms with E-state index < -0.39 is 0 Å². The minimum absolute atomic E-state index is 0.0176. The van der Waals surface area contributed by atoms with E-state index in [4.69, 9.17) is 0 Å². The third kappa shape index (κ3) is 4.94. The van der Waals surface area contributed by atoms with Gasteiger partial charge in [-0.15, -0.1) is 0 Å². The topological polar surface area (TPSA) is 37.4 Å². The van der Waals surface area contributed by atoms with Gasteiger partial charge in [0.05, 0.1) is 0 Å². The zero-order valence-electron chi connectivity index (χ0n) is 16.1. The highest BCUT2D eigenvalue weighted by molar-refractivity contribution is 5.98. The average molecular weight is 361 g/mol. The van der Waals surface area contributed by atoms with E-state index in [0.29, 0.717) is 19.0 Å². The number of hydrogen-bond donors (Lipinski definition) is 0. The highest BCUT2D eigenvalue weighted by atomic mass is 16.2. The van der Waals surface area contributed by atoms with Crippen molar-refractivity contribution in [2.45, 2.75) is 32.6 Å². The van der Waals surface area contributed by atoms with Gasteiger partial charge in [-0.1, -0.05) is 68.4 Å². The molecule has 140 valence electrons. The number of hydrogen-bond acceptors (Lipinski definition) is 2. The van der Waals surface area contributed by atoms with Gasteiger partial charge in [-0.25, -0.2) is 0 Å². The number of Topliss-reactive ketones (excluding diaryl/α,β-unsaturated/α-hetero) is 1. The van der Waals surface area contributed by atoms with E-state index in [1.54, 1.807) is 6.08 Å². The summed E-state index contributed by atoms with van der Waals surface area (Å²) in [7, 11) is 0. The molecule has 3 rings (SSSR count). The van der Waals surface area contributed by atoms with Crippen LogP contribution in [-0.4, -0.2) is 29.7 Å². The lowest BCUT2D eigenvalue weighted by atomic mass is 9.89. The first-order chi connectivity index (χ1) is 13.0. The number of carbonyl (C=O) groups excluding carboxylic acids is 2. The molecule has 0 N–H and O–H groups in total. The van der Waals surface area contributed by atoms with Crippen LogP contribution in [0.1, 0.15) is 54.1 Å². The number of ketones is 1. The second-order valence-electron chi connectivity index (χ2n) is 7.48. The molecule has 1 amide bonds. The second-order valence-corrected chi connectivity index (χ2v) is 7.48. The molecular formula is C24H27NO2. The van der Waals surface area contributed by atoms with Crippen molar-refractivity contribution in [3.63, 3.8) is 0 Å². The van der Waals surface area contributed by atoms with Crippen molar-refractivity contribution in [3.8, 4) is 0 Å². The molecule has 1 heterocycles. The molecule has 27 heavy (non-hydrogen) atoms. The quantitative estimate of drug-likeness (QED) is 0.558. The first-order valence-electron chi connectivity index (χ1n) is 9.71. The molecule has 0 aromatic heterocycles. The Hall–Kier alpha value is -2.68. The van der Waals surface area contributed by atoms with Gasteiger partial charge in [0.15, 0.2) is 5.78 Å². The van der Waals surface area contributed by atoms with Crippen LogP contribution in [0.4, 0.5) is 0 Å². The fourth-order valence-electron chi connectivity index (χ4n) is 3.47. The van der Waals surface area contributed by atoms with Gasteiger partial charge in [0.25, 0.3) is 0 Å². The van der Waals surface area contributed by atoms with Gasteiger partial charge in [-0.2, -0.15) is 0 Å². The summed E-state index contributed by atoms with van der Waals surface area (Å²) < 4.78 is 0. The number of likely N-dealkylation sites (tertiary alicyclic amines) is 1. The van der Waals surface area contributed by atoms with E-state index in [1.165, 1.54) is 5.56 Å². The van der Waals surface area contributed by atoms with Gasteiger partial charge in [0.2, 0.25) is 5.91 Å². The van der Waals surface area contributed by atoms with Gasteiger partial charge < -0.3 is 4.90 Å². The van der Waals surface area contributed by atoms with Crippen molar-refractivity contribution >= 4 is 17.8 Å². The Labute approximate surface area is 161 Å². The SMILES string of the molecule is CC(C)c1ccc(C=CC(=O)N2CCC(C(=O)c3ccccc3)CC2)cc1. The lowest BCUT2D eigenvalue weighted by Gasteiger charge is -2.30. The van der Waals surface area contributed by atoms with Crippen molar-refractivity contribution in [1.82, 2.24) is 4.90 Å². The highest BCUT2D eigenvalue weighted by Gasteiger charge is 2.27. The van der Waals surface area contributed by atoms with E-state index in [2.05, 4.69) is 26.0 Å². The van der Waals surface area contributed by atoms with E-state index in [9.17, 15) is 9.59 Å². The predicted octanol–water partition coefficient (Wildman–Crippen LogP) is 4.94. The van der Waals surface area contributed by atoms with Crippen LogP contribution in [0, 0.1) is 5.92 Å². The molecule has 0 radical (unpaired) electrons. The molecule has 3 heteroatoms. The summed E-state index contributed by atoms with van der Waals surface area (Å²) in [5.74, 6) is 0.741. The van der Waals surface area contributed by atoms with Crippen molar-refractivity contribution in [1.29, 1.82) is 0 Å². The van der Waals surface area contributed by atoms with E-state index in [0.717, 1.165) is 24.0 Å². The Morgan fingerprint density at radius 1 is 0.963 bits per heavy atom. The molecular weight excluding hydrogens is 334 g/mol. The molecule has 3 nitrogen and oxygen atoms in total. The normalized spacial score (nSPS) is 15.4. The maximum Gasteiger partial charge on any atom is 0.246 e. The summed E-state index contributed by atoms with van der Waals surface area (Å²) in [5.41, 5.74) is 3.09. The molecule has 2 aromatic carbocycles. The summed E-state index contributed by atoms with van der Waals surface area (Å²) in [6, 6.07) is 17.7. The van der Waals surface area contributed by atoms with Crippen molar-refractivity contribution in [2.75, 3.05) is 13.1 Å². The average Bonchev–Trinajstić information content (AvgIpc) is 2.72. The van der Waals surface area contributed by atoms with Gasteiger partial charge in [-0.3, -0.25) is 9.59 Å². The molecule has 1 saturated heterocycles. The maximum atomic E-state index is 12.5. The van der Waals surface area contributed by atoms with Gasteiger partial charge in [0.1, 0.15) is 0 Å². The summed E-state index contributed by atoms with van der Waals surface area (Å²) in [6.45, 7) is 5.61. The van der Waals surface area contributed by atoms with Crippen LogP contribution < -0.4 is 0 Å². The van der Waals surface area contributed by atoms with Crippen LogP contribution in [0.3, 0.4) is 0 Å². The molecule has 0 atom stereocenters. The van der Waals surface area contributed by atoms with Crippen LogP contribution in [0.5, 0.6) is 0 Å². The van der Waals surface area contributed by atoms with Gasteiger partial charge in [-0.05, 0) is 36.0 Å². The maximum absolute atomic E-state index is 12.5. The molecule has 2 aromatic rings. The van der Waals surface area contributed by atoms with Crippen LogP contribution in [-0.2, 0) is 4.79 Å². The van der Waals surface area contributed by atoms with Gasteiger partial charge in [0, 0.05) is 30.6 Å². The lowest BCUT2D eigenvalue weighted by molar-refractivity contribution is -0.127. The fourth-order valence-corrected chi connectivity index (χ4v) is 3.47. The smallest absolute Gasteiger partial charge is 0.246 e. The molecule has 0 bridgehead atoms. The molecule has 1 fully saturated rings. The number of benzene rings is 2. The molecule has 1 aliphatic heterocycles. The minimum Gasteiger partial charge on any atom is -0.339 e. The number of amides is 1. The molecule has 0 spiro atoms. The Morgan fingerprint density at radius 2 is 1.59 bits per heavy atom. The van der Waals surface area contributed by atoms with E-state index in [-0.39, 0.29) is 17.6 Å². The summed E-state index contributed by atoms with van der Waals surface area (Å²) >= 11 is 0. The number of nitrogens with zero attached hydrogens (tertiary/aromatic N) is 1. The van der Waals surface area contributed by atoms with E-state index in [1.807, 2.05) is 53.4 Å². The standard InChI is InChI=1S/C24H27NO2/c1-18(2)20-11-8-19(9-12-20)10-13-23(26)25-16-14-22(15-17-25)24(27)21-6-4-3-5-7-21/h3-13,18,22H,14-17H2,1-2H3. The third-order valence-electron chi connectivity index (χ3n) is 5.26. The summed E-state index contributed by atoms with van der Waals surface area (Å²) in [6.07, 6.45) is 4.98. The third-order valence-corrected chi connectivity index (χ3v) is 5.26. The Morgan fingerprint density at radius 3 is 2.19 bits per heavy atom. The van der Waals surface area contributed by atoms with Crippen molar-refractivity contribution < 1.29 is 9.59 Å². The Balaban J connectivity index is 1.53. The largest absolute Gasteiger partial charge is 0.339 e. The molecule has 0 aliphatic carbocycles. The second kappa shape index (κ2) is 8.81. The fraction of sp³-hybridized carbons (Fsp3) is 0.333. The molecule has 0 saturated carbocycles. The van der Waals surface area contributed by atoms with Crippen molar-refractivity contribution in [2.24, 2.45) is 5.92 Å². The number of carbonyl (C=O) groups is 2. The van der Waals surface area contributed by atoms with E-state index >= 15 is 0 Å². The first-order valence-corrected chi connectivity index (χ1v) is 9.71. The number of rotatable bonds is 5. The highest BCUT2D eigenvalue weighted by Crippen LogP contribution is 2.22. The minimum atomic E-state index is 0.0176. The number of piperidine rings is 1. The van der Waals surface area contributed by atoms with Crippen LogP contribution >= 0.6 is 0 Å². The Kier molecular flexibility index (Phi) is 6.23. The van der Waals surface area contributed by atoms with Crippen LogP contribution in [0.2, 0.25) is 0 Å². The monoisotopic (exact) mass is 361 g/mol. The van der Waals surface area contributed by atoms with Gasteiger partial charge >= 0.3 is 0 Å². The summed E-state index contributed by atoms with van der Waals surface area (Å²) in [4.78, 5) is 26.8. The summed E-state index contributed by atoms with van der Waals surface area (Å²) in [5, 5.41) is 0. The molecule has 1 aliphatic rings. The van der Waals surface area contributed by atoms with Crippen LogP contribution in [0.25, 0.3) is 6.08 Å². The zero-order valence-corrected chi connectivity index (χ0v) is 16.1. The Bertz CT molecular complexity index is 798.